The number of fused-ring (bicyclic) bond motifs is 1. The minimum Gasteiger partial charge on any atom is -0.325 e. The van der Waals surface area contributed by atoms with Gasteiger partial charge in [0.1, 0.15) is 10.7 Å². The minimum absolute atomic E-state index is 0.231. The fourth-order valence-electron chi connectivity index (χ4n) is 2.23. The van der Waals surface area contributed by atoms with Crippen LogP contribution >= 0.6 is 11.3 Å². The third-order valence-corrected chi connectivity index (χ3v) is 4.18. The molecule has 114 valence electrons. The van der Waals surface area contributed by atoms with Gasteiger partial charge in [-0.15, -0.1) is 11.3 Å². The lowest BCUT2D eigenvalue weighted by Gasteiger charge is -2.08. The number of benzene rings is 1. The number of amides is 1. The molecule has 2 heterocycles. The van der Waals surface area contributed by atoms with Crippen molar-refractivity contribution in [2.24, 2.45) is 5.73 Å². The number of rotatable bonds is 4. The van der Waals surface area contributed by atoms with E-state index in [2.05, 4.69) is 29.2 Å². The van der Waals surface area contributed by atoms with Crippen LogP contribution in [0.5, 0.6) is 0 Å². The fraction of sp³-hybridized carbons (Fsp3) is 0.267. The van der Waals surface area contributed by atoms with Crippen LogP contribution in [0.15, 0.2) is 29.8 Å². The highest BCUT2D eigenvalue weighted by Crippen LogP contribution is 2.22. The predicted molar refractivity (Wildman–Crippen MR) is 88.1 cm³/mol. The van der Waals surface area contributed by atoms with Gasteiger partial charge in [-0.3, -0.25) is 9.48 Å². The molecule has 22 heavy (non-hydrogen) atoms. The van der Waals surface area contributed by atoms with E-state index in [1.165, 1.54) is 11.3 Å². The smallest absolute Gasteiger partial charge is 0.275 e. The van der Waals surface area contributed by atoms with E-state index in [-0.39, 0.29) is 11.9 Å². The van der Waals surface area contributed by atoms with Gasteiger partial charge in [-0.05, 0) is 32.0 Å². The van der Waals surface area contributed by atoms with Gasteiger partial charge in [-0.1, -0.05) is 0 Å². The van der Waals surface area contributed by atoms with Crippen molar-refractivity contribution in [3.05, 3.63) is 40.5 Å². The Hall–Kier alpha value is -2.25. The van der Waals surface area contributed by atoms with Crippen LogP contribution in [0.4, 0.5) is 5.69 Å². The average Bonchev–Trinajstić information content (AvgIpc) is 3.13. The molecular weight excluding hydrogens is 298 g/mol. The third-order valence-electron chi connectivity index (χ3n) is 3.30. The number of hydrogen-bond acceptors (Lipinski definition) is 5. The van der Waals surface area contributed by atoms with Crippen molar-refractivity contribution < 1.29 is 4.79 Å². The molecule has 0 fully saturated rings. The number of nitrogens with zero attached hydrogens (tertiary/aromatic N) is 3. The van der Waals surface area contributed by atoms with Gasteiger partial charge in [0.15, 0.2) is 0 Å². The zero-order valence-electron chi connectivity index (χ0n) is 12.4. The lowest BCUT2D eigenvalue weighted by atomic mass is 10.2. The largest absolute Gasteiger partial charge is 0.325 e. The van der Waals surface area contributed by atoms with Crippen LogP contribution in [0.1, 0.15) is 35.4 Å². The zero-order valence-corrected chi connectivity index (χ0v) is 13.2. The number of aromatic nitrogens is 3. The molecular formula is C15H17N5OS. The fourth-order valence-corrected chi connectivity index (χ4v) is 2.89. The van der Waals surface area contributed by atoms with Gasteiger partial charge in [0.25, 0.3) is 5.91 Å². The quantitative estimate of drug-likeness (QED) is 0.775. The number of carbonyl (C=O) groups is 1. The number of anilines is 1. The van der Waals surface area contributed by atoms with Crippen molar-refractivity contribution in [2.45, 2.75) is 26.4 Å². The van der Waals surface area contributed by atoms with E-state index in [1.807, 2.05) is 29.1 Å². The lowest BCUT2D eigenvalue weighted by molar-refractivity contribution is 0.102. The topological polar surface area (TPSA) is 85.8 Å². The summed E-state index contributed by atoms with van der Waals surface area (Å²) in [6.45, 7) is 4.49. The van der Waals surface area contributed by atoms with Gasteiger partial charge in [0, 0.05) is 29.0 Å². The Morgan fingerprint density at radius 3 is 2.95 bits per heavy atom. The first-order chi connectivity index (χ1) is 10.6. The van der Waals surface area contributed by atoms with Crippen molar-refractivity contribution in [1.82, 2.24) is 14.8 Å². The maximum absolute atomic E-state index is 12.2. The Labute approximate surface area is 132 Å². The maximum Gasteiger partial charge on any atom is 0.275 e. The molecule has 0 atom stereocenters. The zero-order chi connectivity index (χ0) is 15.7. The number of carbonyl (C=O) groups excluding carboxylic acids is 1. The molecule has 0 radical (unpaired) electrons. The SMILES string of the molecule is CC(C)n1ncc2ccc(NC(=O)c3csc(CN)n3)cc21. The molecule has 0 spiro atoms. The van der Waals surface area contributed by atoms with Gasteiger partial charge in [0.05, 0.1) is 11.7 Å². The molecule has 0 saturated heterocycles. The molecule has 0 aliphatic rings. The van der Waals surface area contributed by atoms with Crippen molar-refractivity contribution in [3.8, 4) is 0 Å². The first kappa shape index (κ1) is 14.7. The van der Waals surface area contributed by atoms with Crippen molar-refractivity contribution >= 4 is 33.8 Å². The lowest BCUT2D eigenvalue weighted by Crippen LogP contribution is -2.13. The number of thiazole rings is 1. The molecule has 2 aromatic heterocycles. The molecule has 3 N–H and O–H groups in total. The van der Waals surface area contributed by atoms with Crippen LogP contribution < -0.4 is 11.1 Å². The first-order valence-corrected chi connectivity index (χ1v) is 7.89. The molecule has 0 aliphatic heterocycles. The summed E-state index contributed by atoms with van der Waals surface area (Å²) in [5, 5.41) is 10.7. The van der Waals surface area contributed by atoms with E-state index in [4.69, 9.17) is 5.73 Å². The summed E-state index contributed by atoms with van der Waals surface area (Å²) in [7, 11) is 0. The summed E-state index contributed by atoms with van der Waals surface area (Å²) >= 11 is 1.39. The van der Waals surface area contributed by atoms with E-state index in [9.17, 15) is 4.79 Å². The minimum atomic E-state index is -0.231. The number of nitrogens with two attached hydrogens (primary N) is 1. The van der Waals surface area contributed by atoms with Crippen LogP contribution in [0.2, 0.25) is 0 Å². The molecule has 3 rings (SSSR count). The maximum atomic E-state index is 12.2. The molecule has 7 heteroatoms. The van der Waals surface area contributed by atoms with Gasteiger partial charge < -0.3 is 11.1 Å². The molecule has 3 aromatic rings. The second-order valence-corrected chi connectivity index (χ2v) is 6.18. The number of hydrogen-bond donors (Lipinski definition) is 2. The highest BCUT2D eigenvalue weighted by Gasteiger charge is 2.12. The van der Waals surface area contributed by atoms with Gasteiger partial charge >= 0.3 is 0 Å². The summed E-state index contributed by atoms with van der Waals surface area (Å²) in [6.07, 6.45) is 1.83. The van der Waals surface area contributed by atoms with Gasteiger partial charge in [0.2, 0.25) is 0 Å². The highest BCUT2D eigenvalue weighted by atomic mass is 32.1. The molecule has 0 saturated carbocycles. The van der Waals surface area contributed by atoms with E-state index in [0.717, 1.165) is 21.6 Å². The normalized spacial score (nSPS) is 11.3. The van der Waals surface area contributed by atoms with Gasteiger partial charge in [-0.2, -0.15) is 5.10 Å². The number of nitrogens with one attached hydrogen (secondary N) is 1. The van der Waals surface area contributed by atoms with Crippen LogP contribution in [0.3, 0.4) is 0 Å². The Bertz CT molecular complexity index is 820. The molecule has 0 unspecified atom stereocenters. The Kier molecular flexibility index (Phi) is 3.91. The van der Waals surface area contributed by atoms with Gasteiger partial charge in [-0.25, -0.2) is 4.98 Å². The van der Waals surface area contributed by atoms with E-state index >= 15 is 0 Å². The second kappa shape index (κ2) is 5.86. The standard InChI is InChI=1S/C15H17N5OS/c1-9(2)20-13-5-11(4-3-10(13)7-17-20)18-15(21)12-8-22-14(6-16)19-12/h3-5,7-9H,6,16H2,1-2H3,(H,18,21). The monoisotopic (exact) mass is 315 g/mol. The van der Waals surface area contributed by atoms with Crippen LogP contribution in [0, 0.1) is 0 Å². The Balaban J connectivity index is 1.87. The predicted octanol–water partition coefficient (Wildman–Crippen LogP) is 2.78. The Morgan fingerprint density at radius 2 is 2.27 bits per heavy atom. The second-order valence-electron chi connectivity index (χ2n) is 5.24. The summed E-state index contributed by atoms with van der Waals surface area (Å²) in [5.74, 6) is -0.231. The molecule has 1 amide bonds. The Morgan fingerprint density at radius 1 is 1.45 bits per heavy atom. The van der Waals surface area contributed by atoms with Crippen molar-refractivity contribution in [1.29, 1.82) is 0 Å². The molecule has 0 bridgehead atoms. The summed E-state index contributed by atoms with van der Waals surface area (Å²) in [6, 6.07) is 6.00. The molecule has 1 aromatic carbocycles. The van der Waals surface area contributed by atoms with Crippen LogP contribution in [-0.4, -0.2) is 20.7 Å². The third kappa shape index (κ3) is 2.72. The van der Waals surface area contributed by atoms with Crippen molar-refractivity contribution in [3.63, 3.8) is 0 Å². The van der Waals surface area contributed by atoms with E-state index in [0.29, 0.717) is 12.2 Å². The molecule has 6 nitrogen and oxygen atoms in total. The average molecular weight is 315 g/mol. The van der Waals surface area contributed by atoms with E-state index < -0.39 is 0 Å². The van der Waals surface area contributed by atoms with Crippen LogP contribution in [-0.2, 0) is 6.54 Å². The highest BCUT2D eigenvalue weighted by molar-refractivity contribution is 7.09. The molecule has 0 aliphatic carbocycles. The summed E-state index contributed by atoms with van der Waals surface area (Å²) in [5.41, 5.74) is 7.63. The first-order valence-electron chi connectivity index (χ1n) is 7.01. The van der Waals surface area contributed by atoms with E-state index in [1.54, 1.807) is 5.38 Å². The van der Waals surface area contributed by atoms with Crippen LogP contribution in [0.25, 0.3) is 10.9 Å². The summed E-state index contributed by atoms with van der Waals surface area (Å²) < 4.78 is 1.93. The summed E-state index contributed by atoms with van der Waals surface area (Å²) in [4.78, 5) is 16.4. The van der Waals surface area contributed by atoms with Crippen molar-refractivity contribution in [2.75, 3.05) is 5.32 Å².